The fraction of sp³-hybridized carbons (Fsp3) is 0.176. The van der Waals surface area contributed by atoms with E-state index in [-0.39, 0.29) is 18.5 Å². The minimum atomic E-state index is -0.272. The van der Waals surface area contributed by atoms with Gasteiger partial charge >= 0.3 is 6.03 Å². The van der Waals surface area contributed by atoms with Crippen LogP contribution in [0.3, 0.4) is 0 Å². The summed E-state index contributed by atoms with van der Waals surface area (Å²) in [6, 6.07) is 16.8. The Balaban J connectivity index is 1.76. The van der Waals surface area contributed by atoms with Gasteiger partial charge in [0.2, 0.25) is 0 Å². The van der Waals surface area contributed by atoms with Crippen LogP contribution < -0.4 is 10.4 Å². The number of anilines is 1. The van der Waals surface area contributed by atoms with E-state index in [9.17, 15) is 9.59 Å². The lowest BCUT2D eigenvalue weighted by Gasteiger charge is -2.35. The molecular weight excluding hydrogens is 278 g/mol. The molecular formula is C17H17N3O2. The molecule has 0 saturated carbocycles. The maximum Gasteiger partial charge on any atom is 0.337 e. The number of hydrazine groups is 1. The normalized spacial score (nSPS) is 15.0. The highest BCUT2D eigenvalue weighted by Gasteiger charge is 2.30. The third kappa shape index (κ3) is 2.79. The zero-order valence-corrected chi connectivity index (χ0v) is 12.3. The van der Waals surface area contributed by atoms with Gasteiger partial charge in [0.25, 0.3) is 5.91 Å². The zero-order valence-electron chi connectivity index (χ0n) is 12.3. The van der Waals surface area contributed by atoms with E-state index >= 15 is 0 Å². The second-order valence-corrected chi connectivity index (χ2v) is 5.27. The summed E-state index contributed by atoms with van der Waals surface area (Å²) in [5, 5.41) is 1.33. The number of urea groups is 1. The van der Waals surface area contributed by atoms with Crippen molar-refractivity contribution in [1.82, 2.24) is 10.3 Å². The first kappa shape index (κ1) is 14.1. The molecule has 0 unspecified atom stereocenters. The van der Waals surface area contributed by atoms with Crippen LogP contribution in [0.4, 0.5) is 10.5 Å². The monoisotopic (exact) mass is 295 g/mol. The van der Waals surface area contributed by atoms with Crippen LogP contribution in [0.1, 0.15) is 11.1 Å². The molecule has 1 heterocycles. The first-order valence-corrected chi connectivity index (χ1v) is 7.13. The molecule has 0 radical (unpaired) electrons. The zero-order chi connectivity index (χ0) is 15.5. The lowest BCUT2D eigenvalue weighted by molar-refractivity contribution is -0.121. The quantitative estimate of drug-likeness (QED) is 0.945. The lowest BCUT2D eigenvalue weighted by Crippen LogP contribution is -2.60. The van der Waals surface area contributed by atoms with Gasteiger partial charge in [-0.05, 0) is 24.1 Å². The Morgan fingerprint density at radius 2 is 1.68 bits per heavy atom. The molecule has 3 amide bonds. The molecule has 1 aliphatic rings. The number of carbonyl (C=O) groups excluding carboxylic acids is 2. The van der Waals surface area contributed by atoms with Gasteiger partial charge < -0.3 is 4.90 Å². The van der Waals surface area contributed by atoms with Gasteiger partial charge in [-0.2, -0.15) is 0 Å². The molecule has 3 rings (SSSR count). The Hall–Kier alpha value is -2.82. The largest absolute Gasteiger partial charge is 0.337 e. The summed E-state index contributed by atoms with van der Waals surface area (Å²) in [5.41, 5.74) is 5.31. The van der Waals surface area contributed by atoms with E-state index in [1.54, 1.807) is 0 Å². The van der Waals surface area contributed by atoms with Gasteiger partial charge in [0.1, 0.15) is 6.54 Å². The van der Waals surface area contributed by atoms with Gasteiger partial charge in [-0.15, -0.1) is 0 Å². The Morgan fingerprint density at radius 1 is 1.00 bits per heavy atom. The van der Waals surface area contributed by atoms with E-state index < -0.39 is 0 Å². The fourth-order valence-corrected chi connectivity index (χ4v) is 2.47. The number of hydrogen-bond donors (Lipinski definition) is 1. The molecule has 2 aromatic rings. The molecule has 2 aromatic carbocycles. The van der Waals surface area contributed by atoms with E-state index in [4.69, 9.17) is 0 Å². The highest BCUT2D eigenvalue weighted by atomic mass is 16.2. The number of rotatable bonds is 3. The summed E-state index contributed by atoms with van der Waals surface area (Å²) in [4.78, 5) is 26.1. The van der Waals surface area contributed by atoms with Crippen LogP contribution >= 0.6 is 0 Å². The second-order valence-electron chi connectivity index (χ2n) is 5.27. The third-order valence-corrected chi connectivity index (χ3v) is 3.64. The van der Waals surface area contributed by atoms with Crippen molar-refractivity contribution in [3.63, 3.8) is 0 Å². The van der Waals surface area contributed by atoms with Gasteiger partial charge in [0.05, 0.1) is 5.69 Å². The van der Waals surface area contributed by atoms with Crippen molar-refractivity contribution in [2.45, 2.75) is 13.5 Å². The van der Waals surface area contributed by atoms with E-state index in [1.165, 1.54) is 9.91 Å². The van der Waals surface area contributed by atoms with Crippen LogP contribution in [0.5, 0.6) is 0 Å². The average molecular weight is 295 g/mol. The van der Waals surface area contributed by atoms with Crippen LogP contribution in [-0.4, -0.2) is 23.4 Å². The number of nitrogens with one attached hydrogen (secondary N) is 1. The van der Waals surface area contributed by atoms with E-state index in [1.807, 2.05) is 61.5 Å². The summed E-state index contributed by atoms with van der Waals surface area (Å²) in [6.07, 6.45) is 0. The van der Waals surface area contributed by atoms with Gasteiger partial charge in [0.15, 0.2) is 0 Å². The van der Waals surface area contributed by atoms with Crippen molar-refractivity contribution in [1.29, 1.82) is 0 Å². The smallest absolute Gasteiger partial charge is 0.310 e. The molecule has 0 atom stereocenters. The molecule has 1 fully saturated rings. The summed E-state index contributed by atoms with van der Waals surface area (Å²) in [6.45, 7) is 2.39. The van der Waals surface area contributed by atoms with Crippen molar-refractivity contribution < 1.29 is 9.59 Å². The number of nitrogens with zero attached hydrogens (tertiary/aromatic N) is 2. The Bertz CT molecular complexity index is 700. The molecule has 0 aromatic heterocycles. The SMILES string of the molecule is Cc1ccccc1N1NC(=O)N(Cc2ccccc2)CC1=O. The summed E-state index contributed by atoms with van der Waals surface area (Å²) < 4.78 is 0. The van der Waals surface area contributed by atoms with Crippen molar-refractivity contribution >= 4 is 17.6 Å². The van der Waals surface area contributed by atoms with Crippen LogP contribution in [0.25, 0.3) is 0 Å². The highest BCUT2D eigenvalue weighted by Crippen LogP contribution is 2.20. The van der Waals surface area contributed by atoms with Crippen molar-refractivity contribution in [2.24, 2.45) is 0 Å². The van der Waals surface area contributed by atoms with Gasteiger partial charge in [-0.3, -0.25) is 4.79 Å². The van der Waals surface area contributed by atoms with Crippen molar-refractivity contribution in [3.8, 4) is 0 Å². The predicted molar refractivity (Wildman–Crippen MR) is 84.0 cm³/mol. The van der Waals surface area contributed by atoms with Crippen molar-refractivity contribution in [2.75, 3.05) is 11.6 Å². The minimum absolute atomic E-state index is 0.0645. The number of benzene rings is 2. The number of hydrogen-bond acceptors (Lipinski definition) is 2. The Labute approximate surface area is 129 Å². The van der Waals surface area contributed by atoms with Crippen LogP contribution in [0.2, 0.25) is 0 Å². The van der Waals surface area contributed by atoms with Crippen LogP contribution in [0.15, 0.2) is 54.6 Å². The summed E-state index contributed by atoms with van der Waals surface area (Å²) in [5.74, 6) is -0.148. The average Bonchev–Trinajstić information content (AvgIpc) is 2.52. The Morgan fingerprint density at radius 3 is 2.41 bits per heavy atom. The van der Waals surface area contributed by atoms with Gasteiger partial charge in [-0.1, -0.05) is 48.5 Å². The molecule has 1 aliphatic heterocycles. The fourth-order valence-electron chi connectivity index (χ4n) is 2.47. The molecule has 5 nitrogen and oxygen atoms in total. The molecule has 5 heteroatoms. The highest BCUT2D eigenvalue weighted by molar-refractivity contribution is 6.02. The molecule has 0 aliphatic carbocycles. The number of aryl methyl sites for hydroxylation is 1. The maximum atomic E-state index is 12.4. The molecule has 112 valence electrons. The van der Waals surface area contributed by atoms with E-state index in [2.05, 4.69) is 5.43 Å². The van der Waals surface area contributed by atoms with E-state index in [0.29, 0.717) is 12.2 Å². The molecule has 1 N–H and O–H groups in total. The summed E-state index contributed by atoms with van der Waals surface area (Å²) >= 11 is 0. The summed E-state index contributed by atoms with van der Waals surface area (Å²) in [7, 11) is 0. The number of para-hydroxylation sites is 1. The van der Waals surface area contributed by atoms with E-state index in [0.717, 1.165) is 11.1 Å². The standard InChI is InChI=1S/C17H17N3O2/c1-13-7-5-6-10-15(13)20-16(21)12-19(17(22)18-20)11-14-8-3-2-4-9-14/h2-10H,11-12H2,1H3,(H,18,22). The first-order valence-electron chi connectivity index (χ1n) is 7.13. The van der Waals surface area contributed by atoms with Gasteiger partial charge in [0, 0.05) is 6.54 Å². The van der Waals surface area contributed by atoms with Crippen molar-refractivity contribution in [3.05, 3.63) is 65.7 Å². The van der Waals surface area contributed by atoms with Crippen LogP contribution in [-0.2, 0) is 11.3 Å². The Kier molecular flexibility index (Phi) is 3.78. The minimum Gasteiger partial charge on any atom is -0.310 e. The topological polar surface area (TPSA) is 52.7 Å². The predicted octanol–water partition coefficient (Wildman–Crippen LogP) is 2.47. The van der Waals surface area contributed by atoms with Crippen LogP contribution in [0, 0.1) is 6.92 Å². The third-order valence-electron chi connectivity index (χ3n) is 3.64. The molecule has 0 spiro atoms. The lowest BCUT2D eigenvalue weighted by atomic mass is 10.2. The first-order chi connectivity index (χ1) is 10.6. The number of amides is 3. The molecule has 0 bridgehead atoms. The van der Waals surface area contributed by atoms with Gasteiger partial charge in [-0.25, -0.2) is 15.2 Å². The maximum absolute atomic E-state index is 12.4. The second kappa shape index (κ2) is 5.89. The molecule has 22 heavy (non-hydrogen) atoms. The molecule has 1 saturated heterocycles. The number of carbonyl (C=O) groups is 2.